The van der Waals surface area contributed by atoms with Crippen LogP contribution >= 0.6 is 0 Å². The molecule has 0 fully saturated rings. The number of hydrogen-bond donors (Lipinski definition) is 2. The molecular formula is C33H34N2O. The van der Waals surface area contributed by atoms with E-state index in [1.54, 1.807) is 0 Å². The number of allylic oxidation sites excluding steroid dienone is 1. The second-order valence-corrected chi connectivity index (χ2v) is 10.4. The van der Waals surface area contributed by atoms with E-state index >= 15 is 0 Å². The molecule has 0 aliphatic heterocycles. The summed E-state index contributed by atoms with van der Waals surface area (Å²) in [5.74, 6) is 0.0537. The summed E-state index contributed by atoms with van der Waals surface area (Å²) >= 11 is 0. The molecule has 5 rings (SSSR count). The van der Waals surface area contributed by atoms with Gasteiger partial charge in [0.1, 0.15) is 0 Å². The van der Waals surface area contributed by atoms with Gasteiger partial charge in [-0.1, -0.05) is 72.3 Å². The van der Waals surface area contributed by atoms with Gasteiger partial charge in [0.25, 0.3) is 0 Å². The van der Waals surface area contributed by atoms with E-state index in [2.05, 4.69) is 89.1 Å². The Labute approximate surface area is 214 Å². The Balaban J connectivity index is 1.63. The number of Topliss-reactive ketones (excluding diaryl/α,β-unsaturated/α-hetero) is 1. The van der Waals surface area contributed by atoms with Crippen LogP contribution < -0.4 is 10.6 Å². The minimum Gasteiger partial charge on any atom is -0.377 e. The van der Waals surface area contributed by atoms with Crippen molar-refractivity contribution in [3.8, 4) is 0 Å². The fraction of sp³-hybridized carbons (Fsp3) is 0.242. The highest BCUT2D eigenvalue weighted by Crippen LogP contribution is 2.43. The lowest BCUT2D eigenvalue weighted by Gasteiger charge is -2.35. The first kappa shape index (κ1) is 23.9. The fourth-order valence-electron chi connectivity index (χ4n) is 5.94. The third kappa shape index (κ3) is 3.99. The SMILES string of the molecule is C=C1C2=C(C(=O)c3ccccc31)C(Nc1c(C)cc(C)cc1C)=CCC2Nc1c(C)cc(C)cc1C. The van der Waals surface area contributed by atoms with E-state index in [-0.39, 0.29) is 11.8 Å². The smallest absolute Gasteiger partial charge is 0.196 e. The second-order valence-electron chi connectivity index (χ2n) is 10.4. The van der Waals surface area contributed by atoms with Crippen molar-refractivity contribution < 1.29 is 4.79 Å². The molecule has 1 unspecified atom stereocenters. The molecule has 2 aliphatic carbocycles. The molecule has 3 heteroatoms. The van der Waals surface area contributed by atoms with E-state index < -0.39 is 0 Å². The highest BCUT2D eigenvalue weighted by atomic mass is 16.1. The molecule has 0 saturated carbocycles. The van der Waals surface area contributed by atoms with Crippen molar-refractivity contribution in [2.24, 2.45) is 0 Å². The number of hydrogen-bond acceptors (Lipinski definition) is 3. The first-order valence-electron chi connectivity index (χ1n) is 12.6. The molecule has 3 nitrogen and oxygen atoms in total. The molecule has 182 valence electrons. The van der Waals surface area contributed by atoms with Gasteiger partial charge in [-0.05, 0) is 86.9 Å². The Morgan fingerprint density at radius 1 is 0.778 bits per heavy atom. The maximum Gasteiger partial charge on any atom is 0.196 e. The number of benzene rings is 3. The van der Waals surface area contributed by atoms with Gasteiger partial charge in [-0.3, -0.25) is 4.79 Å². The second kappa shape index (κ2) is 8.98. The molecule has 0 aromatic heterocycles. The van der Waals surface area contributed by atoms with Crippen molar-refractivity contribution in [3.05, 3.63) is 123 Å². The van der Waals surface area contributed by atoms with Crippen LogP contribution in [-0.2, 0) is 0 Å². The molecule has 0 saturated heterocycles. The van der Waals surface area contributed by atoms with Crippen molar-refractivity contribution in [2.75, 3.05) is 10.6 Å². The van der Waals surface area contributed by atoms with Gasteiger partial charge in [-0.2, -0.15) is 0 Å². The van der Waals surface area contributed by atoms with Gasteiger partial charge in [0.2, 0.25) is 0 Å². The first-order chi connectivity index (χ1) is 17.2. The van der Waals surface area contributed by atoms with Crippen molar-refractivity contribution in [3.63, 3.8) is 0 Å². The maximum absolute atomic E-state index is 14.0. The molecule has 3 aromatic rings. The molecule has 2 aliphatic rings. The van der Waals surface area contributed by atoms with E-state index in [0.29, 0.717) is 0 Å². The van der Waals surface area contributed by atoms with Crippen LogP contribution in [0, 0.1) is 41.5 Å². The van der Waals surface area contributed by atoms with E-state index in [4.69, 9.17) is 0 Å². The highest BCUT2D eigenvalue weighted by Gasteiger charge is 2.37. The number of carbonyl (C=O) groups is 1. The summed E-state index contributed by atoms with van der Waals surface area (Å²) in [7, 11) is 0. The van der Waals surface area contributed by atoms with Crippen LogP contribution in [0.25, 0.3) is 5.57 Å². The minimum absolute atomic E-state index is 0.0457. The zero-order valence-electron chi connectivity index (χ0n) is 22.1. The van der Waals surface area contributed by atoms with Gasteiger partial charge in [-0.15, -0.1) is 0 Å². The van der Waals surface area contributed by atoms with Gasteiger partial charge in [0.05, 0.1) is 11.6 Å². The monoisotopic (exact) mass is 474 g/mol. The molecule has 0 radical (unpaired) electrons. The Morgan fingerprint density at radius 3 is 1.89 bits per heavy atom. The summed E-state index contributed by atoms with van der Waals surface area (Å²) in [4.78, 5) is 14.0. The molecular weight excluding hydrogens is 440 g/mol. The number of nitrogens with one attached hydrogen (secondary N) is 2. The van der Waals surface area contributed by atoms with Gasteiger partial charge < -0.3 is 10.6 Å². The summed E-state index contributed by atoms with van der Waals surface area (Å²) in [6, 6.07) is 16.6. The topological polar surface area (TPSA) is 41.1 Å². The van der Waals surface area contributed by atoms with Crippen LogP contribution in [0.4, 0.5) is 11.4 Å². The minimum atomic E-state index is -0.0457. The standard InChI is InChI=1S/C33H34N2O/c1-18-14-20(3)31(21(4)15-18)34-27-12-13-28(35-32-22(5)16-19(2)17-23(32)6)30-29(27)24(7)25-10-8-9-11-26(25)33(30)36/h8-11,13-17,27,34-35H,7,12H2,1-6H3. The van der Waals surface area contributed by atoms with E-state index in [9.17, 15) is 4.79 Å². The highest BCUT2D eigenvalue weighted by molar-refractivity contribution is 6.20. The van der Waals surface area contributed by atoms with Crippen molar-refractivity contribution in [1.29, 1.82) is 0 Å². The lowest BCUT2D eigenvalue weighted by atomic mass is 9.74. The Kier molecular flexibility index (Phi) is 5.96. The quantitative estimate of drug-likeness (QED) is 0.403. The molecule has 0 bridgehead atoms. The van der Waals surface area contributed by atoms with E-state index in [1.165, 1.54) is 33.4 Å². The van der Waals surface area contributed by atoms with Gasteiger partial charge >= 0.3 is 0 Å². The number of aryl methyl sites for hydroxylation is 6. The summed E-state index contributed by atoms with van der Waals surface area (Å²) in [6.07, 6.45) is 2.93. The fourth-order valence-corrected chi connectivity index (χ4v) is 5.94. The van der Waals surface area contributed by atoms with Crippen LogP contribution in [0.1, 0.15) is 55.7 Å². The first-order valence-corrected chi connectivity index (χ1v) is 12.6. The van der Waals surface area contributed by atoms with Crippen LogP contribution in [0.5, 0.6) is 0 Å². The summed E-state index contributed by atoms with van der Waals surface area (Å²) < 4.78 is 0. The van der Waals surface area contributed by atoms with Crippen molar-refractivity contribution in [1.82, 2.24) is 0 Å². The lowest BCUT2D eigenvalue weighted by Crippen LogP contribution is -2.33. The number of rotatable bonds is 4. The zero-order valence-corrected chi connectivity index (χ0v) is 22.1. The van der Waals surface area contributed by atoms with Gasteiger partial charge in [0, 0.05) is 22.6 Å². The zero-order chi connectivity index (χ0) is 25.7. The molecule has 0 heterocycles. The number of ketones is 1. The molecule has 0 spiro atoms. The predicted molar refractivity (Wildman–Crippen MR) is 152 cm³/mol. The third-order valence-corrected chi connectivity index (χ3v) is 7.43. The Morgan fingerprint density at radius 2 is 1.31 bits per heavy atom. The maximum atomic E-state index is 14.0. The van der Waals surface area contributed by atoms with Gasteiger partial charge in [0.15, 0.2) is 5.78 Å². The van der Waals surface area contributed by atoms with E-state index in [1.807, 2.05) is 24.3 Å². The molecule has 36 heavy (non-hydrogen) atoms. The number of fused-ring (bicyclic) bond motifs is 1. The molecule has 0 amide bonds. The third-order valence-electron chi connectivity index (χ3n) is 7.43. The molecule has 1 atom stereocenters. The van der Waals surface area contributed by atoms with Gasteiger partial charge in [-0.25, -0.2) is 0 Å². The van der Waals surface area contributed by atoms with Crippen molar-refractivity contribution in [2.45, 2.75) is 54.0 Å². The average molecular weight is 475 g/mol. The summed E-state index contributed by atoms with van der Waals surface area (Å²) in [5.41, 5.74) is 14.6. The largest absolute Gasteiger partial charge is 0.377 e. The molecule has 2 N–H and O–H groups in total. The number of carbonyl (C=O) groups excluding carboxylic acids is 1. The lowest BCUT2D eigenvalue weighted by molar-refractivity contribution is 0.103. The Hall–Kier alpha value is -3.85. The molecule has 3 aromatic carbocycles. The normalized spacial score (nSPS) is 16.9. The predicted octanol–water partition coefficient (Wildman–Crippen LogP) is 7.92. The van der Waals surface area contributed by atoms with Crippen LogP contribution in [-0.4, -0.2) is 11.8 Å². The number of anilines is 2. The van der Waals surface area contributed by atoms with Crippen LogP contribution in [0.3, 0.4) is 0 Å². The van der Waals surface area contributed by atoms with Crippen LogP contribution in [0.15, 0.2) is 78.0 Å². The van der Waals surface area contributed by atoms with Crippen molar-refractivity contribution >= 4 is 22.7 Å². The Bertz CT molecular complexity index is 1460. The van der Waals surface area contributed by atoms with Crippen LogP contribution in [0.2, 0.25) is 0 Å². The summed E-state index contributed by atoms with van der Waals surface area (Å²) in [5, 5.41) is 7.45. The summed E-state index contributed by atoms with van der Waals surface area (Å²) in [6.45, 7) is 17.3. The van der Waals surface area contributed by atoms with E-state index in [0.717, 1.165) is 51.3 Å². The average Bonchev–Trinajstić information content (AvgIpc) is 2.82.